The summed E-state index contributed by atoms with van der Waals surface area (Å²) in [6.45, 7) is 1.04. The molecule has 1 N–H and O–H groups in total. The molecule has 6 nitrogen and oxygen atoms in total. The van der Waals surface area contributed by atoms with Crippen LogP contribution in [-0.2, 0) is 6.54 Å². The van der Waals surface area contributed by atoms with Crippen molar-refractivity contribution in [3.8, 4) is 11.3 Å². The Hall–Kier alpha value is -2.80. The van der Waals surface area contributed by atoms with Gasteiger partial charge in [-0.2, -0.15) is 4.37 Å². The Balaban J connectivity index is 1.32. The van der Waals surface area contributed by atoms with Crippen molar-refractivity contribution in [1.82, 2.24) is 23.9 Å². The van der Waals surface area contributed by atoms with Crippen molar-refractivity contribution in [3.05, 3.63) is 55.4 Å². The number of anilines is 1. The van der Waals surface area contributed by atoms with E-state index in [0.717, 1.165) is 46.7 Å². The molecule has 0 amide bonds. The summed E-state index contributed by atoms with van der Waals surface area (Å²) in [6, 6.07) is 10.7. The number of aromatic nitrogens is 5. The summed E-state index contributed by atoms with van der Waals surface area (Å²) in [5.74, 6) is 1.60. The Labute approximate surface area is 155 Å². The predicted molar refractivity (Wildman–Crippen MR) is 103 cm³/mol. The van der Waals surface area contributed by atoms with Crippen LogP contribution in [0, 0.1) is 5.92 Å². The van der Waals surface area contributed by atoms with Gasteiger partial charge < -0.3 is 9.88 Å². The summed E-state index contributed by atoms with van der Waals surface area (Å²) in [5.41, 5.74) is 2.95. The van der Waals surface area contributed by atoms with E-state index in [4.69, 9.17) is 0 Å². The van der Waals surface area contributed by atoms with Gasteiger partial charge in [0.05, 0.1) is 6.33 Å². The third-order valence-electron chi connectivity index (χ3n) is 4.91. The Morgan fingerprint density at radius 3 is 2.85 bits per heavy atom. The van der Waals surface area contributed by atoms with Crippen molar-refractivity contribution >= 4 is 27.6 Å². The highest BCUT2D eigenvalue weighted by molar-refractivity contribution is 7.14. The molecule has 3 aromatic heterocycles. The Bertz CT molecular complexity index is 1010. The van der Waals surface area contributed by atoms with E-state index in [1.54, 1.807) is 6.33 Å². The van der Waals surface area contributed by atoms with Crippen LogP contribution in [-0.4, -0.2) is 29.9 Å². The van der Waals surface area contributed by atoms with E-state index in [1.165, 1.54) is 11.5 Å². The van der Waals surface area contributed by atoms with Crippen molar-refractivity contribution in [2.45, 2.75) is 25.4 Å². The number of nitrogens with zero attached hydrogens (tertiary/aromatic N) is 5. The summed E-state index contributed by atoms with van der Waals surface area (Å²) >= 11 is 1.47. The fraction of sp³-hybridized carbons (Fsp3) is 0.263. The lowest BCUT2D eigenvalue weighted by Gasteiger charge is -2.36. The molecule has 5 rings (SSSR count). The van der Waals surface area contributed by atoms with Gasteiger partial charge in [0.2, 0.25) is 0 Å². The zero-order valence-electron chi connectivity index (χ0n) is 14.1. The van der Waals surface area contributed by atoms with Crippen molar-refractivity contribution in [2.24, 2.45) is 5.92 Å². The molecule has 0 unspecified atom stereocenters. The van der Waals surface area contributed by atoms with Crippen LogP contribution in [0.1, 0.15) is 12.8 Å². The molecule has 130 valence electrons. The second-order valence-electron chi connectivity index (χ2n) is 6.74. The summed E-state index contributed by atoms with van der Waals surface area (Å²) < 4.78 is 7.81. The maximum atomic E-state index is 4.63. The van der Waals surface area contributed by atoms with E-state index < -0.39 is 0 Å². The average molecular weight is 362 g/mol. The zero-order chi connectivity index (χ0) is 17.3. The minimum absolute atomic E-state index is 0.462. The molecule has 4 aromatic rings. The van der Waals surface area contributed by atoms with Crippen LogP contribution in [0.15, 0.2) is 55.4 Å². The lowest BCUT2D eigenvalue weighted by Crippen LogP contribution is -2.37. The normalized spacial score (nSPS) is 19.4. The predicted octanol–water partition coefficient (Wildman–Crippen LogP) is 3.84. The molecule has 0 spiro atoms. The van der Waals surface area contributed by atoms with Crippen LogP contribution >= 0.6 is 11.5 Å². The highest BCUT2D eigenvalue weighted by Crippen LogP contribution is 2.36. The van der Waals surface area contributed by atoms with Gasteiger partial charge >= 0.3 is 0 Å². The lowest BCUT2D eigenvalue weighted by molar-refractivity contribution is 0.249. The highest BCUT2D eigenvalue weighted by atomic mass is 32.1. The average Bonchev–Trinajstić information content (AvgIpc) is 3.30. The number of hydrogen-bond acceptors (Lipinski definition) is 6. The number of nitrogens with one attached hydrogen (secondary N) is 1. The SMILES string of the molecule is c1ccc(-c2nsc3c(NC4CC(Cn5ccnc5)C4)ncnc23)cc1. The van der Waals surface area contributed by atoms with Gasteiger partial charge in [-0.25, -0.2) is 15.0 Å². The van der Waals surface area contributed by atoms with Crippen LogP contribution in [0.3, 0.4) is 0 Å². The van der Waals surface area contributed by atoms with Gasteiger partial charge in [0.1, 0.15) is 28.1 Å². The molecule has 1 aliphatic rings. The minimum Gasteiger partial charge on any atom is -0.366 e. The minimum atomic E-state index is 0.462. The topological polar surface area (TPSA) is 68.5 Å². The van der Waals surface area contributed by atoms with Crippen LogP contribution in [0.2, 0.25) is 0 Å². The van der Waals surface area contributed by atoms with E-state index >= 15 is 0 Å². The largest absolute Gasteiger partial charge is 0.366 e. The van der Waals surface area contributed by atoms with Gasteiger partial charge in [-0.15, -0.1) is 0 Å². The van der Waals surface area contributed by atoms with Gasteiger partial charge in [-0.05, 0) is 30.3 Å². The fourth-order valence-corrected chi connectivity index (χ4v) is 4.35. The maximum absolute atomic E-state index is 4.63. The van der Waals surface area contributed by atoms with E-state index in [-0.39, 0.29) is 0 Å². The molecule has 26 heavy (non-hydrogen) atoms. The Kier molecular flexibility index (Phi) is 3.86. The lowest BCUT2D eigenvalue weighted by atomic mass is 9.80. The van der Waals surface area contributed by atoms with E-state index in [1.807, 2.05) is 36.9 Å². The first-order valence-corrected chi connectivity index (χ1v) is 9.52. The standard InChI is InChI=1S/C19H18N6S/c1-2-4-14(5-3-1)16-17-18(26-24-16)19(22-11-21-17)23-15-8-13(9-15)10-25-7-6-20-12-25/h1-7,11-13,15H,8-10H2,(H,21,22,23). The van der Waals surface area contributed by atoms with Crippen LogP contribution in [0.25, 0.3) is 21.5 Å². The molecule has 0 bridgehead atoms. The number of imidazole rings is 1. The number of rotatable bonds is 5. The van der Waals surface area contributed by atoms with Crippen LogP contribution < -0.4 is 5.32 Å². The summed E-state index contributed by atoms with van der Waals surface area (Å²) in [7, 11) is 0. The molecule has 0 atom stereocenters. The molecule has 1 aliphatic carbocycles. The van der Waals surface area contributed by atoms with Crippen molar-refractivity contribution < 1.29 is 0 Å². The molecule has 1 saturated carbocycles. The van der Waals surface area contributed by atoms with Gasteiger partial charge in [0, 0.05) is 30.5 Å². The van der Waals surface area contributed by atoms with Crippen LogP contribution in [0.4, 0.5) is 5.82 Å². The van der Waals surface area contributed by atoms with Crippen LogP contribution in [0.5, 0.6) is 0 Å². The zero-order valence-corrected chi connectivity index (χ0v) is 14.9. The number of hydrogen-bond donors (Lipinski definition) is 1. The molecule has 0 saturated heterocycles. The van der Waals surface area contributed by atoms with Gasteiger partial charge in [0.15, 0.2) is 0 Å². The summed E-state index contributed by atoms with van der Waals surface area (Å²) in [4.78, 5) is 13.1. The third-order valence-corrected chi connectivity index (χ3v) is 5.75. The highest BCUT2D eigenvalue weighted by Gasteiger charge is 2.30. The van der Waals surface area contributed by atoms with E-state index in [0.29, 0.717) is 12.0 Å². The number of fused-ring (bicyclic) bond motifs is 1. The van der Waals surface area contributed by atoms with E-state index in [9.17, 15) is 0 Å². The Morgan fingerprint density at radius 1 is 1.15 bits per heavy atom. The van der Waals surface area contributed by atoms with Gasteiger partial charge in [0.25, 0.3) is 0 Å². The second-order valence-corrected chi connectivity index (χ2v) is 7.51. The first kappa shape index (κ1) is 15.5. The van der Waals surface area contributed by atoms with E-state index in [2.05, 4.69) is 41.3 Å². The monoisotopic (exact) mass is 362 g/mol. The molecular formula is C19H18N6S. The first-order valence-electron chi connectivity index (χ1n) is 8.75. The molecule has 0 radical (unpaired) electrons. The molecular weight excluding hydrogens is 344 g/mol. The summed E-state index contributed by atoms with van der Waals surface area (Å²) in [5, 5.41) is 3.59. The van der Waals surface area contributed by atoms with Gasteiger partial charge in [-0.1, -0.05) is 30.3 Å². The smallest absolute Gasteiger partial charge is 0.149 e. The van der Waals surface area contributed by atoms with Crippen molar-refractivity contribution in [2.75, 3.05) is 5.32 Å². The van der Waals surface area contributed by atoms with Crippen molar-refractivity contribution in [1.29, 1.82) is 0 Å². The summed E-state index contributed by atoms with van der Waals surface area (Å²) in [6.07, 6.45) is 9.67. The molecule has 1 aromatic carbocycles. The molecule has 3 heterocycles. The second kappa shape index (κ2) is 6.49. The maximum Gasteiger partial charge on any atom is 0.149 e. The Morgan fingerprint density at radius 2 is 2.04 bits per heavy atom. The van der Waals surface area contributed by atoms with Crippen molar-refractivity contribution in [3.63, 3.8) is 0 Å². The number of benzene rings is 1. The molecule has 1 fully saturated rings. The quantitative estimate of drug-likeness (QED) is 0.584. The molecule has 7 heteroatoms. The molecule has 0 aliphatic heterocycles. The first-order chi connectivity index (χ1) is 12.9. The fourth-order valence-electron chi connectivity index (χ4n) is 3.54. The third kappa shape index (κ3) is 2.84. The van der Waals surface area contributed by atoms with Gasteiger partial charge in [-0.3, -0.25) is 0 Å².